The van der Waals surface area contributed by atoms with E-state index in [1.807, 2.05) is 55.1 Å². The number of carbonyl (C=O) groups is 1. The van der Waals surface area contributed by atoms with Crippen LogP contribution >= 0.6 is 0 Å². The van der Waals surface area contributed by atoms with E-state index < -0.39 is 9.84 Å². The molecule has 0 saturated heterocycles. The molecule has 1 aromatic heterocycles. The molecule has 3 aromatic rings. The van der Waals surface area contributed by atoms with Gasteiger partial charge >= 0.3 is 0 Å². The van der Waals surface area contributed by atoms with Crippen molar-refractivity contribution in [2.45, 2.75) is 24.8 Å². The number of hydrogen-bond acceptors (Lipinski definition) is 3. The van der Waals surface area contributed by atoms with Crippen molar-refractivity contribution in [1.29, 1.82) is 0 Å². The highest BCUT2D eigenvalue weighted by molar-refractivity contribution is 7.90. The zero-order valence-electron chi connectivity index (χ0n) is 15.5. The molecular formula is C21H22N2O3S. The van der Waals surface area contributed by atoms with Gasteiger partial charge in [0.2, 0.25) is 0 Å². The van der Waals surface area contributed by atoms with Crippen molar-refractivity contribution in [3.8, 4) is 5.69 Å². The van der Waals surface area contributed by atoms with Crippen molar-refractivity contribution < 1.29 is 13.2 Å². The first-order valence-electron chi connectivity index (χ1n) is 8.60. The van der Waals surface area contributed by atoms with Crippen molar-refractivity contribution in [3.63, 3.8) is 0 Å². The standard InChI is InChI=1S/C21H22N2O3S/c1-15-6-7-18(14-20(15)23-12-4-5-13-23)21(24)22-16(2)17-8-10-19(11-9-17)27(3,25)26/h4-14,16H,1-3H3,(H,22,24)/t16-/m1/s1. The maximum absolute atomic E-state index is 12.7. The molecule has 1 heterocycles. The van der Waals surface area contributed by atoms with Crippen LogP contribution in [0.15, 0.2) is 71.9 Å². The average Bonchev–Trinajstić information content (AvgIpc) is 3.15. The lowest BCUT2D eigenvalue weighted by Gasteiger charge is -2.16. The van der Waals surface area contributed by atoms with Crippen LogP contribution in [0.3, 0.4) is 0 Å². The van der Waals surface area contributed by atoms with E-state index in [0.29, 0.717) is 5.56 Å². The lowest BCUT2D eigenvalue weighted by molar-refractivity contribution is 0.0940. The van der Waals surface area contributed by atoms with Gasteiger partial charge in [-0.3, -0.25) is 4.79 Å². The molecule has 6 heteroatoms. The fourth-order valence-electron chi connectivity index (χ4n) is 2.89. The average molecular weight is 382 g/mol. The number of nitrogens with zero attached hydrogens (tertiary/aromatic N) is 1. The summed E-state index contributed by atoms with van der Waals surface area (Å²) in [7, 11) is -3.23. The van der Waals surface area contributed by atoms with E-state index in [1.54, 1.807) is 30.3 Å². The fraction of sp³-hybridized carbons (Fsp3) is 0.190. The van der Waals surface area contributed by atoms with Crippen molar-refractivity contribution in [2.75, 3.05) is 6.26 Å². The monoisotopic (exact) mass is 382 g/mol. The lowest BCUT2D eigenvalue weighted by Crippen LogP contribution is -2.26. The Balaban J connectivity index is 1.78. The predicted molar refractivity (Wildman–Crippen MR) is 106 cm³/mol. The van der Waals surface area contributed by atoms with Crippen molar-refractivity contribution in [2.24, 2.45) is 0 Å². The number of rotatable bonds is 5. The van der Waals surface area contributed by atoms with Gasteiger partial charge in [0.05, 0.1) is 10.9 Å². The van der Waals surface area contributed by atoms with Crippen LogP contribution in [-0.2, 0) is 9.84 Å². The second-order valence-electron chi connectivity index (χ2n) is 6.63. The molecule has 0 saturated carbocycles. The molecular weight excluding hydrogens is 360 g/mol. The number of carbonyl (C=O) groups excluding carboxylic acids is 1. The first-order chi connectivity index (χ1) is 12.8. The molecule has 0 fully saturated rings. The predicted octanol–water partition coefficient (Wildman–Crippen LogP) is 3.68. The Morgan fingerprint density at radius 3 is 2.26 bits per heavy atom. The van der Waals surface area contributed by atoms with Crippen LogP contribution in [0.4, 0.5) is 0 Å². The van der Waals surface area contributed by atoms with E-state index >= 15 is 0 Å². The third kappa shape index (κ3) is 4.28. The fourth-order valence-corrected chi connectivity index (χ4v) is 3.52. The summed E-state index contributed by atoms with van der Waals surface area (Å²) in [5.41, 5.74) is 3.45. The highest BCUT2D eigenvalue weighted by atomic mass is 32.2. The van der Waals surface area contributed by atoms with Crippen molar-refractivity contribution >= 4 is 15.7 Å². The normalized spacial score (nSPS) is 12.6. The van der Waals surface area contributed by atoms with Crippen LogP contribution in [-0.4, -0.2) is 25.1 Å². The second kappa shape index (κ2) is 7.40. The lowest BCUT2D eigenvalue weighted by atomic mass is 10.1. The van der Waals surface area contributed by atoms with Crippen molar-refractivity contribution in [3.05, 3.63) is 83.7 Å². The number of amides is 1. The zero-order valence-corrected chi connectivity index (χ0v) is 16.3. The quantitative estimate of drug-likeness (QED) is 0.732. The van der Waals surface area contributed by atoms with Gasteiger partial charge in [0.25, 0.3) is 5.91 Å². The minimum absolute atomic E-state index is 0.178. The van der Waals surface area contributed by atoms with Crippen LogP contribution in [0.1, 0.15) is 34.5 Å². The zero-order chi connectivity index (χ0) is 19.6. The Morgan fingerprint density at radius 2 is 1.67 bits per heavy atom. The Hall–Kier alpha value is -2.86. The summed E-state index contributed by atoms with van der Waals surface area (Å²) in [5.74, 6) is -0.178. The molecule has 1 atom stereocenters. The Bertz CT molecular complexity index is 1050. The summed E-state index contributed by atoms with van der Waals surface area (Å²) in [4.78, 5) is 12.9. The van der Waals surface area contributed by atoms with Crippen LogP contribution in [0.25, 0.3) is 5.69 Å². The molecule has 140 valence electrons. The summed E-state index contributed by atoms with van der Waals surface area (Å²) in [6.07, 6.45) is 5.05. The van der Waals surface area contributed by atoms with Crippen LogP contribution in [0, 0.1) is 6.92 Å². The maximum atomic E-state index is 12.7. The molecule has 0 spiro atoms. The number of hydrogen-bond donors (Lipinski definition) is 1. The highest BCUT2D eigenvalue weighted by Crippen LogP contribution is 2.19. The molecule has 27 heavy (non-hydrogen) atoms. The first-order valence-corrected chi connectivity index (χ1v) is 10.5. The van der Waals surface area contributed by atoms with Crippen LogP contribution in [0.2, 0.25) is 0 Å². The molecule has 0 aliphatic heterocycles. The Labute approximate surface area is 159 Å². The summed E-state index contributed by atoms with van der Waals surface area (Å²) >= 11 is 0. The number of benzene rings is 2. The molecule has 3 rings (SSSR count). The number of sulfone groups is 1. The molecule has 0 unspecified atom stereocenters. The SMILES string of the molecule is Cc1ccc(C(=O)N[C@H](C)c2ccc(S(C)(=O)=O)cc2)cc1-n1cccc1. The highest BCUT2D eigenvalue weighted by Gasteiger charge is 2.14. The van der Waals surface area contributed by atoms with Gasteiger partial charge in [-0.2, -0.15) is 0 Å². The van der Waals surface area contributed by atoms with E-state index in [9.17, 15) is 13.2 Å². The maximum Gasteiger partial charge on any atom is 0.251 e. The summed E-state index contributed by atoms with van der Waals surface area (Å²) in [6, 6.07) is 15.8. The van der Waals surface area contributed by atoms with Gasteiger partial charge in [0, 0.05) is 29.9 Å². The van der Waals surface area contributed by atoms with Crippen LogP contribution < -0.4 is 5.32 Å². The Morgan fingerprint density at radius 1 is 1.04 bits per heavy atom. The van der Waals surface area contributed by atoms with Crippen molar-refractivity contribution in [1.82, 2.24) is 9.88 Å². The molecule has 1 amide bonds. The van der Waals surface area contributed by atoms with Gasteiger partial charge in [-0.05, 0) is 61.4 Å². The van der Waals surface area contributed by atoms with E-state index in [2.05, 4.69) is 5.32 Å². The van der Waals surface area contributed by atoms with E-state index in [0.717, 1.165) is 16.8 Å². The number of aromatic nitrogens is 1. The second-order valence-corrected chi connectivity index (χ2v) is 8.64. The first kappa shape index (κ1) is 18.9. The number of nitrogens with one attached hydrogen (secondary N) is 1. The van der Waals surface area contributed by atoms with E-state index in [1.165, 1.54) is 6.26 Å². The van der Waals surface area contributed by atoms with Gasteiger partial charge in [0.15, 0.2) is 9.84 Å². The number of aryl methyl sites for hydroxylation is 1. The topological polar surface area (TPSA) is 68.2 Å². The summed E-state index contributed by atoms with van der Waals surface area (Å²) < 4.78 is 25.1. The summed E-state index contributed by atoms with van der Waals surface area (Å²) in [6.45, 7) is 3.87. The van der Waals surface area contributed by atoms with Gasteiger partial charge in [-0.15, -0.1) is 0 Å². The van der Waals surface area contributed by atoms with Gasteiger partial charge < -0.3 is 9.88 Å². The Kier molecular flexibility index (Phi) is 5.19. The van der Waals surface area contributed by atoms with Crippen LogP contribution in [0.5, 0.6) is 0 Å². The van der Waals surface area contributed by atoms with Gasteiger partial charge in [0.1, 0.15) is 0 Å². The third-order valence-electron chi connectivity index (χ3n) is 4.51. The minimum atomic E-state index is -3.23. The van der Waals surface area contributed by atoms with E-state index in [-0.39, 0.29) is 16.8 Å². The molecule has 0 aliphatic rings. The smallest absolute Gasteiger partial charge is 0.251 e. The third-order valence-corrected chi connectivity index (χ3v) is 5.64. The largest absolute Gasteiger partial charge is 0.346 e. The molecule has 0 radical (unpaired) electrons. The molecule has 0 bridgehead atoms. The van der Waals surface area contributed by atoms with Gasteiger partial charge in [-0.25, -0.2) is 8.42 Å². The van der Waals surface area contributed by atoms with E-state index in [4.69, 9.17) is 0 Å². The molecule has 0 aliphatic carbocycles. The molecule has 2 aromatic carbocycles. The van der Waals surface area contributed by atoms with Gasteiger partial charge in [-0.1, -0.05) is 18.2 Å². The molecule has 1 N–H and O–H groups in total. The summed E-state index contributed by atoms with van der Waals surface area (Å²) in [5, 5.41) is 2.96. The molecule has 5 nitrogen and oxygen atoms in total. The minimum Gasteiger partial charge on any atom is -0.346 e.